The maximum Gasteiger partial charge on any atom is 0.238 e. The summed E-state index contributed by atoms with van der Waals surface area (Å²) in [6, 6.07) is 86.2. The Morgan fingerprint density at radius 3 is 1.32 bits per heavy atom. The molecule has 4 aromatic heterocycles. The lowest BCUT2D eigenvalue weighted by Crippen LogP contribution is -2.07. The normalized spacial score (nSPS) is 11.8. The van der Waals surface area contributed by atoms with Gasteiger partial charge in [0.15, 0.2) is 11.6 Å². The molecule has 0 aliphatic heterocycles. The van der Waals surface area contributed by atoms with Crippen LogP contribution in [0.15, 0.2) is 243 Å². The Hall–Kier alpha value is -9.39. The molecule has 0 saturated heterocycles. The molecule has 14 rings (SSSR count). The molecule has 0 fully saturated rings. The first kappa shape index (κ1) is 38.8. The summed E-state index contributed by atoms with van der Waals surface area (Å²) >= 11 is 0. The van der Waals surface area contributed by atoms with Crippen LogP contribution in [0.4, 0.5) is 0 Å². The number of aromatic nitrogens is 6. The topological polar surface area (TPSA) is 53.5 Å². The van der Waals surface area contributed by atoms with Gasteiger partial charge in [0.05, 0.1) is 38.8 Å². The first-order valence-corrected chi connectivity index (χ1v) is 23.4. The smallest absolute Gasteiger partial charge is 0.238 e. The quantitative estimate of drug-likeness (QED) is 0.160. The van der Waals surface area contributed by atoms with Crippen molar-refractivity contribution >= 4 is 65.4 Å². The molecule has 322 valence electrons. The molecule has 0 aliphatic rings. The van der Waals surface area contributed by atoms with Crippen LogP contribution < -0.4 is 0 Å². The zero-order valence-electron chi connectivity index (χ0n) is 37.3. The van der Waals surface area contributed by atoms with Crippen LogP contribution in [0.3, 0.4) is 0 Å². The highest BCUT2D eigenvalue weighted by molar-refractivity contribution is 6.27. The number of nitrogens with zero attached hydrogens (tertiary/aromatic N) is 6. The van der Waals surface area contributed by atoms with Crippen molar-refractivity contribution < 1.29 is 0 Å². The van der Waals surface area contributed by atoms with Crippen LogP contribution in [0.2, 0.25) is 0 Å². The summed E-state index contributed by atoms with van der Waals surface area (Å²) in [5, 5.41) is 6.91. The van der Waals surface area contributed by atoms with Crippen LogP contribution >= 0.6 is 0 Å². The number of hydrogen-bond donors (Lipinski definition) is 0. The fourth-order valence-corrected chi connectivity index (χ4v) is 10.6. The third-order valence-corrected chi connectivity index (χ3v) is 13.7. The van der Waals surface area contributed by atoms with E-state index >= 15 is 0 Å². The van der Waals surface area contributed by atoms with Gasteiger partial charge in [0.1, 0.15) is 0 Å². The molecule has 0 N–H and O–H groups in total. The minimum atomic E-state index is 0.535. The molecule has 10 aromatic carbocycles. The van der Waals surface area contributed by atoms with Gasteiger partial charge in [-0.2, -0.15) is 9.97 Å². The summed E-state index contributed by atoms with van der Waals surface area (Å²) < 4.78 is 7.18. The summed E-state index contributed by atoms with van der Waals surface area (Å²) in [6.07, 6.45) is 0. The molecule has 0 spiro atoms. The van der Waals surface area contributed by atoms with Crippen LogP contribution in [0.25, 0.3) is 128 Å². The minimum Gasteiger partial charge on any atom is -0.309 e. The van der Waals surface area contributed by atoms with E-state index in [0.717, 1.165) is 88.3 Å². The Bertz CT molecular complexity index is 4230. The summed E-state index contributed by atoms with van der Waals surface area (Å²) in [5.41, 5.74) is 15.0. The van der Waals surface area contributed by atoms with E-state index in [-0.39, 0.29) is 0 Å². The Morgan fingerprint density at radius 1 is 0.261 bits per heavy atom. The van der Waals surface area contributed by atoms with Gasteiger partial charge in [-0.25, -0.2) is 4.98 Å². The van der Waals surface area contributed by atoms with E-state index in [1.807, 2.05) is 18.2 Å². The first-order valence-electron chi connectivity index (χ1n) is 23.4. The minimum absolute atomic E-state index is 0.535. The SMILES string of the molecule is c1ccc(-c2ccc(-c3cccc(-c4nc(-c5ccccc5)nc(-n5c6ccccc6c6c(-n7c8ccccc8c8ccccc87)cc7c8ccccc8n(-c8ccccc8)c7c65)n4)c3)cc2)cc1. The molecule has 0 radical (unpaired) electrons. The molecule has 4 heterocycles. The van der Waals surface area contributed by atoms with Crippen molar-refractivity contribution in [2.45, 2.75) is 0 Å². The van der Waals surface area contributed by atoms with Gasteiger partial charge in [0, 0.05) is 49.1 Å². The molecule has 6 nitrogen and oxygen atoms in total. The lowest BCUT2D eigenvalue weighted by molar-refractivity contribution is 0.953. The summed E-state index contributed by atoms with van der Waals surface area (Å²) in [4.78, 5) is 16.3. The Balaban J connectivity index is 1.10. The fraction of sp³-hybridized carbons (Fsp3) is 0. The van der Waals surface area contributed by atoms with Crippen LogP contribution in [-0.4, -0.2) is 28.7 Å². The second kappa shape index (κ2) is 15.6. The second-order valence-corrected chi connectivity index (χ2v) is 17.6. The van der Waals surface area contributed by atoms with Gasteiger partial charge in [-0.3, -0.25) is 4.57 Å². The van der Waals surface area contributed by atoms with Gasteiger partial charge in [-0.05, 0) is 70.8 Å². The Morgan fingerprint density at radius 2 is 0.696 bits per heavy atom. The van der Waals surface area contributed by atoms with Crippen molar-refractivity contribution in [1.82, 2.24) is 28.7 Å². The molecule has 6 heteroatoms. The molecule has 0 unspecified atom stereocenters. The summed E-state index contributed by atoms with van der Waals surface area (Å²) in [5.74, 6) is 1.72. The molecule has 0 bridgehead atoms. The van der Waals surface area contributed by atoms with E-state index in [0.29, 0.717) is 17.6 Å². The molecular weight excluding hydrogens is 841 g/mol. The van der Waals surface area contributed by atoms with Crippen LogP contribution in [-0.2, 0) is 0 Å². The third kappa shape index (κ3) is 6.16. The van der Waals surface area contributed by atoms with Crippen molar-refractivity contribution in [1.29, 1.82) is 0 Å². The van der Waals surface area contributed by atoms with E-state index < -0.39 is 0 Å². The molecule has 14 aromatic rings. The van der Waals surface area contributed by atoms with Crippen molar-refractivity contribution in [3.63, 3.8) is 0 Å². The highest BCUT2D eigenvalue weighted by atomic mass is 15.2. The monoisotopic (exact) mass is 880 g/mol. The van der Waals surface area contributed by atoms with Crippen molar-refractivity contribution in [3.8, 4) is 62.4 Å². The van der Waals surface area contributed by atoms with Crippen molar-refractivity contribution in [3.05, 3.63) is 243 Å². The van der Waals surface area contributed by atoms with E-state index in [2.05, 4.69) is 238 Å². The number of hydrogen-bond acceptors (Lipinski definition) is 3. The average molecular weight is 881 g/mol. The van der Waals surface area contributed by atoms with Crippen LogP contribution in [0.5, 0.6) is 0 Å². The predicted octanol–water partition coefficient (Wildman–Crippen LogP) is 15.8. The van der Waals surface area contributed by atoms with Gasteiger partial charge >= 0.3 is 0 Å². The molecule has 0 atom stereocenters. The average Bonchev–Trinajstić information content (AvgIpc) is 4.08. The van der Waals surface area contributed by atoms with E-state index in [4.69, 9.17) is 15.0 Å². The van der Waals surface area contributed by atoms with Gasteiger partial charge in [-0.15, -0.1) is 0 Å². The molecule has 69 heavy (non-hydrogen) atoms. The fourth-order valence-electron chi connectivity index (χ4n) is 10.6. The lowest BCUT2D eigenvalue weighted by Gasteiger charge is -2.16. The number of para-hydroxylation sites is 5. The highest BCUT2D eigenvalue weighted by Crippen LogP contribution is 2.46. The highest BCUT2D eigenvalue weighted by Gasteiger charge is 2.27. The second-order valence-electron chi connectivity index (χ2n) is 17.6. The maximum absolute atomic E-state index is 5.54. The van der Waals surface area contributed by atoms with Gasteiger partial charge in [0.25, 0.3) is 0 Å². The first-order chi connectivity index (χ1) is 34.2. The standard InChI is InChI=1S/C63H40N6/c1-4-19-41(20-5-1)42-35-37-43(38-36-42)45-23-18-24-46(39-45)62-64-61(44-21-6-2-7-22-44)65-63(66-62)69-56-34-17-13-30-51(56)58-57(68-54-32-15-10-27-48(54)49-28-11-16-33-55(49)68)40-52-50-29-12-14-31-53(50)67(59(52)60(58)69)47-25-8-3-9-26-47/h1-40H. The maximum atomic E-state index is 5.54. The summed E-state index contributed by atoms with van der Waals surface area (Å²) in [7, 11) is 0. The molecule has 0 amide bonds. The van der Waals surface area contributed by atoms with Crippen molar-refractivity contribution in [2.75, 3.05) is 0 Å². The van der Waals surface area contributed by atoms with Crippen LogP contribution in [0.1, 0.15) is 0 Å². The van der Waals surface area contributed by atoms with Gasteiger partial charge in [0.2, 0.25) is 5.95 Å². The number of fused-ring (bicyclic) bond motifs is 10. The van der Waals surface area contributed by atoms with Gasteiger partial charge in [-0.1, -0.05) is 194 Å². The predicted molar refractivity (Wildman–Crippen MR) is 285 cm³/mol. The van der Waals surface area contributed by atoms with E-state index in [9.17, 15) is 0 Å². The Labute approximate surface area is 397 Å². The van der Waals surface area contributed by atoms with Crippen LogP contribution in [0, 0.1) is 0 Å². The van der Waals surface area contributed by atoms with E-state index in [1.54, 1.807) is 0 Å². The molecular formula is C63H40N6. The molecule has 0 aliphatic carbocycles. The zero-order valence-corrected chi connectivity index (χ0v) is 37.3. The number of benzene rings is 10. The number of rotatable bonds is 7. The lowest BCUT2D eigenvalue weighted by atomic mass is 9.99. The summed E-state index contributed by atoms with van der Waals surface area (Å²) in [6.45, 7) is 0. The van der Waals surface area contributed by atoms with Crippen molar-refractivity contribution in [2.24, 2.45) is 0 Å². The van der Waals surface area contributed by atoms with E-state index in [1.165, 1.54) is 21.9 Å². The molecule has 0 saturated carbocycles. The third-order valence-electron chi connectivity index (χ3n) is 13.7. The van der Waals surface area contributed by atoms with Gasteiger partial charge < -0.3 is 9.13 Å². The zero-order chi connectivity index (χ0) is 45.4. The largest absolute Gasteiger partial charge is 0.309 e. The Kier molecular flexibility index (Phi) is 8.79.